The Bertz CT molecular complexity index is 1880. The fourth-order valence-corrected chi connectivity index (χ4v) is 6.08. The molecule has 4 atom stereocenters. The summed E-state index contributed by atoms with van der Waals surface area (Å²) in [6.07, 6.45) is -2.44. The van der Waals surface area contributed by atoms with Gasteiger partial charge in [0.2, 0.25) is 23.6 Å². The summed E-state index contributed by atoms with van der Waals surface area (Å²) in [4.78, 5) is 101. The molecule has 53 heavy (non-hydrogen) atoms. The number of primary amides is 2. The van der Waals surface area contributed by atoms with E-state index in [0.29, 0.717) is 27.9 Å². The van der Waals surface area contributed by atoms with Gasteiger partial charge in [0.1, 0.15) is 30.5 Å². The monoisotopic (exact) mass is 778 g/mol. The fourth-order valence-electron chi connectivity index (χ4n) is 5.00. The molecular formula is C32H40N6O13P2. The fraction of sp³-hybridized carbons (Fsp3) is 0.281. The third-order valence-corrected chi connectivity index (χ3v) is 8.78. The average Bonchev–Trinajstić information content (AvgIpc) is 3.04. The number of phosphoric acid groups is 1. The third-order valence-electron chi connectivity index (χ3n) is 7.56. The van der Waals surface area contributed by atoms with Crippen molar-refractivity contribution in [2.75, 3.05) is 5.73 Å². The van der Waals surface area contributed by atoms with Crippen LogP contribution in [0.4, 0.5) is 10.5 Å². The molecule has 0 radical (unpaired) electrons. The molecule has 0 saturated carbocycles. The van der Waals surface area contributed by atoms with Crippen molar-refractivity contribution in [3.05, 3.63) is 95.1 Å². The van der Waals surface area contributed by atoms with E-state index in [-0.39, 0.29) is 18.8 Å². The van der Waals surface area contributed by atoms with E-state index >= 15 is 0 Å². The normalized spacial score (nSPS) is 13.8. The van der Waals surface area contributed by atoms with Crippen LogP contribution in [-0.2, 0) is 52.2 Å². The number of ether oxygens (including phenoxy) is 1. The van der Waals surface area contributed by atoms with Crippen molar-refractivity contribution in [1.29, 1.82) is 0 Å². The molecule has 3 aromatic carbocycles. The highest BCUT2D eigenvalue weighted by Gasteiger charge is 2.34. The Morgan fingerprint density at radius 1 is 0.774 bits per heavy atom. The topological polar surface area (TPSA) is 333 Å². The quantitative estimate of drug-likeness (QED) is 0.0617. The summed E-state index contributed by atoms with van der Waals surface area (Å²) in [5.74, 6) is -5.13. The van der Waals surface area contributed by atoms with Gasteiger partial charge in [-0.3, -0.25) is 33.5 Å². The molecule has 1 unspecified atom stereocenters. The molecule has 5 amide bonds. The van der Waals surface area contributed by atoms with Gasteiger partial charge in [-0.2, -0.15) is 0 Å². The number of phosphoric ester groups is 1. The SMILES string of the molecule is CC(c1ccc(OP(=O)(O)O)cc1)[C@H](NC(=O)[C@H](Cc1ccc(CP(=O)(O)O)cc1)NC(=O)OCc1cccc(N)c1)C(=O)N[C@@H](CC(N)=O)C(N)=O. The molecule has 0 aliphatic heterocycles. The van der Waals surface area contributed by atoms with Crippen LogP contribution in [0.25, 0.3) is 0 Å². The zero-order valence-corrected chi connectivity index (χ0v) is 29.9. The Kier molecular flexibility index (Phi) is 14.7. The lowest BCUT2D eigenvalue weighted by Gasteiger charge is -2.28. The molecule has 0 aliphatic carbocycles. The summed E-state index contributed by atoms with van der Waals surface area (Å²) < 4.78 is 32.6. The van der Waals surface area contributed by atoms with Crippen molar-refractivity contribution in [3.8, 4) is 5.75 Å². The molecule has 0 bridgehead atoms. The van der Waals surface area contributed by atoms with Crippen LogP contribution >= 0.6 is 15.4 Å². The summed E-state index contributed by atoms with van der Waals surface area (Å²) in [7, 11) is -9.27. The van der Waals surface area contributed by atoms with Crippen LogP contribution in [0.15, 0.2) is 72.8 Å². The molecule has 13 N–H and O–H groups in total. The number of nitrogens with two attached hydrogens (primary N) is 3. The van der Waals surface area contributed by atoms with E-state index in [2.05, 4.69) is 20.5 Å². The maximum absolute atomic E-state index is 14.0. The minimum absolute atomic E-state index is 0.206. The van der Waals surface area contributed by atoms with Gasteiger partial charge >= 0.3 is 21.5 Å². The highest BCUT2D eigenvalue weighted by atomic mass is 31.2. The molecular weight excluding hydrogens is 738 g/mol. The van der Waals surface area contributed by atoms with Crippen LogP contribution in [0.1, 0.15) is 41.5 Å². The van der Waals surface area contributed by atoms with E-state index in [1.54, 1.807) is 24.3 Å². The van der Waals surface area contributed by atoms with Crippen LogP contribution < -0.4 is 37.7 Å². The number of nitrogens with one attached hydrogen (secondary N) is 3. The Balaban J connectivity index is 1.94. The second-order valence-corrected chi connectivity index (χ2v) is 14.7. The lowest BCUT2D eigenvalue weighted by atomic mass is 9.91. The first-order valence-electron chi connectivity index (χ1n) is 15.6. The number of amides is 5. The van der Waals surface area contributed by atoms with Gasteiger partial charge in [-0.1, -0.05) is 55.5 Å². The summed E-state index contributed by atoms with van der Waals surface area (Å²) in [5.41, 5.74) is 18.4. The van der Waals surface area contributed by atoms with Crippen molar-refractivity contribution in [3.63, 3.8) is 0 Å². The van der Waals surface area contributed by atoms with Gasteiger partial charge in [0, 0.05) is 18.0 Å². The lowest BCUT2D eigenvalue weighted by Crippen LogP contribution is -2.58. The van der Waals surface area contributed by atoms with Gasteiger partial charge in [-0.25, -0.2) is 9.36 Å². The Hall–Kier alpha value is -5.29. The van der Waals surface area contributed by atoms with E-state index in [1.165, 1.54) is 55.5 Å². The van der Waals surface area contributed by atoms with Crippen LogP contribution in [0.3, 0.4) is 0 Å². The van der Waals surface area contributed by atoms with E-state index in [0.717, 1.165) is 0 Å². The average molecular weight is 779 g/mol. The maximum atomic E-state index is 14.0. The van der Waals surface area contributed by atoms with E-state index in [9.17, 15) is 42.9 Å². The van der Waals surface area contributed by atoms with Crippen LogP contribution in [0.5, 0.6) is 5.75 Å². The maximum Gasteiger partial charge on any atom is 0.524 e. The number of benzene rings is 3. The molecule has 0 saturated heterocycles. The van der Waals surface area contributed by atoms with Gasteiger partial charge in [0.15, 0.2) is 0 Å². The highest BCUT2D eigenvalue weighted by molar-refractivity contribution is 7.50. The number of anilines is 1. The van der Waals surface area contributed by atoms with E-state index in [4.69, 9.17) is 31.7 Å². The number of hydrogen-bond donors (Lipinski definition) is 10. The minimum Gasteiger partial charge on any atom is -0.445 e. The van der Waals surface area contributed by atoms with Crippen LogP contribution in [0, 0.1) is 0 Å². The molecule has 19 nitrogen and oxygen atoms in total. The number of carbonyl (C=O) groups excluding carboxylic acids is 5. The Morgan fingerprint density at radius 2 is 1.40 bits per heavy atom. The molecule has 286 valence electrons. The van der Waals surface area contributed by atoms with Crippen molar-refractivity contribution in [2.45, 2.75) is 56.6 Å². The summed E-state index contributed by atoms with van der Waals surface area (Å²) >= 11 is 0. The number of nitrogen functional groups attached to an aromatic ring is 1. The van der Waals surface area contributed by atoms with E-state index < -0.39 is 81.8 Å². The predicted octanol–water partition coefficient (Wildman–Crippen LogP) is 0.390. The van der Waals surface area contributed by atoms with Crippen LogP contribution in [0.2, 0.25) is 0 Å². The molecule has 0 aliphatic rings. The molecule has 3 rings (SSSR count). The number of carbonyl (C=O) groups is 5. The predicted molar refractivity (Wildman–Crippen MR) is 188 cm³/mol. The standard InChI is InChI=1S/C32H40N6O13P2/c1-18(22-9-11-24(12-10-22)51-53(47,48)49)28(31(42)36-25(29(35)40)15-27(34)39)38-30(41)26(14-19-5-7-20(8-6-19)17-52(44,45)46)37-32(43)50-16-21-3-2-4-23(33)13-21/h2-13,18,25-26,28H,14-17,33H2,1H3,(H2,34,39)(H2,35,40)(H,36,42)(H,37,43)(H,38,41)(H2,44,45,46)(H2,47,48,49)/t18?,25-,26-,28-/m0/s1. The number of alkyl carbamates (subject to hydrolysis) is 1. The first-order chi connectivity index (χ1) is 24.7. The van der Waals surface area contributed by atoms with Crippen LogP contribution in [-0.4, -0.2) is 67.4 Å². The van der Waals surface area contributed by atoms with E-state index in [1.807, 2.05) is 0 Å². The minimum atomic E-state index is -4.89. The Morgan fingerprint density at radius 3 is 1.94 bits per heavy atom. The second kappa shape index (κ2) is 18.5. The van der Waals surface area contributed by atoms with Gasteiger partial charge in [-0.05, 0) is 46.5 Å². The zero-order chi connectivity index (χ0) is 39.5. The molecule has 3 aromatic rings. The van der Waals surface area contributed by atoms with Crippen molar-refractivity contribution >= 4 is 50.8 Å². The Labute approximate surface area is 303 Å². The van der Waals surface area contributed by atoms with Crippen molar-refractivity contribution < 1.29 is 61.9 Å². The van der Waals surface area contributed by atoms with Gasteiger partial charge in [-0.15, -0.1) is 0 Å². The van der Waals surface area contributed by atoms with Crippen molar-refractivity contribution in [2.24, 2.45) is 11.5 Å². The summed E-state index contributed by atoms with van der Waals surface area (Å²) in [6, 6.07) is 12.9. The van der Waals surface area contributed by atoms with Gasteiger partial charge < -0.3 is 52.2 Å². The third kappa shape index (κ3) is 14.7. The lowest BCUT2D eigenvalue weighted by molar-refractivity contribution is -0.133. The molecule has 0 heterocycles. The first-order valence-corrected chi connectivity index (χ1v) is 19.0. The molecule has 21 heteroatoms. The van der Waals surface area contributed by atoms with Crippen molar-refractivity contribution in [1.82, 2.24) is 16.0 Å². The highest BCUT2D eigenvalue weighted by Crippen LogP contribution is 2.39. The largest absolute Gasteiger partial charge is 0.524 e. The zero-order valence-electron chi connectivity index (χ0n) is 28.2. The van der Waals surface area contributed by atoms with Gasteiger partial charge in [0.25, 0.3) is 0 Å². The molecule has 0 fully saturated rings. The number of hydrogen-bond acceptors (Lipinski definition) is 10. The first kappa shape index (κ1) is 42.1. The summed E-state index contributed by atoms with van der Waals surface area (Å²) in [6.45, 7) is 1.28. The molecule has 0 aromatic heterocycles. The number of rotatable bonds is 18. The second-order valence-electron chi connectivity index (χ2n) is 11.9. The summed E-state index contributed by atoms with van der Waals surface area (Å²) in [5, 5.41) is 7.30. The molecule has 0 spiro atoms. The van der Waals surface area contributed by atoms with Gasteiger partial charge in [0.05, 0.1) is 12.6 Å². The smallest absolute Gasteiger partial charge is 0.445 e.